The number of hydrogen-bond donors (Lipinski definition) is 0. The predicted octanol–water partition coefficient (Wildman–Crippen LogP) is 2.39. The standard InChI is InChI=1S/C12H20O2/c1-8-9(7-13-12(2,3)4)11-6-5-10(8)14-11/h5-6,8-11H,7H2,1-4H3. The van der Waals surface area contributed by atoms with Gasteiger partial charge >= 0.3 is 0 Å². The van der Waals surface area contributed by atoms with Gasteiger partial charge in [0.2, 0.25) is 0 Å². The molecule has 0 aromatic carbocycles. The van der Waals surface area contributed by atoms with Crippen molar-refractivity contribution >= 4 is 0 Å². The molecule has 0 saturated carbocycles. The summed E-state index contributed by atoms with van der Waals surface area (Å²) in [6.07, 6.45) is 5.01. The Kier molecular flexibility index (Phi) is 2.44. The molecule has 2 aliphatic rings. The zero-order chi connectivity index (χ0) is 10.3. The lowest BCUT2D eigenvalue weighted by Gasteiger charge is -2.26. The van der Waals surface area contributed by atoms with Gasteiger partial charge in [0.25, 0.3) is 0 Å². The largest absolute Gasteiger partial charge is 0.375 e. The highest BCUT2D eigenvalue weighted by molar-refractivity contribution is 5.13. The van der Waals surface area contributed by atoms with Gasteiger partial charge in [-0.2, -0.15) is 0 Å². The number of ether oxygens (including phenoxy) is 2. The zero-order valence-electron chi connectivity index (χ0n) is 9.49. The third kappa shape index (κ3) is 1.86. The SMILES string of the molecule is CC1C2C=CC(O2)C1COC(C)(C)C. The maximum absolute atomic E-state index is 5.82. The third-order valence-corrected chi connectivity index (χ3v) is 3.13. The van der Waals surface area contributed by atoms with Gasteiger partial charge in [-0.1, -0.05) is 19.1 Å². The minimum atomic E-state index is -0.0364. The summed E-state index contributed by atoms with van der Waals surface area (Å²) >= 11 is 0. The van der Waals surface area contributed by atoms with Crippen molar-refractivity contribution in [2.75, 3.05) is 6.61 Å². The summed E-state index contributed by atoms with van der Waals surface area (Å²) in [4.78, 5) is 0. The second-order valence-corrected chi connectivity index (χ2v) is 5.40. The van der Waals surface area contributed by atoms with Crippen molar-refractivity contribution in [3.05, 3.63) is 12.2 Å². The van der Waals surface area contributed by atoms with E-state index < -0.39 is 0 Å². The van der Waals surface area contributed by atoms with Crippen LogP contribution in [-0.2, 0) is 9.47 Å². The minimum absolute atomic E-state index is 0.0364. The highest BCUT2D eigenvalue weighted by Crippen LogP contribution is 2.39. The van der Waals surface area contributed by atoms with E-state index in [0.717, 1.165) is 6.61 Å². The Labute approximate surface area is 86.3 Å². The molecule has 0 aromatic rings. The van der Waals surface area contributed by atoms with Crippen molar-refractivity contribution in [3.63, 3.8) is 0 Å². The Morgan fingerprint density at radius 3 is 2.36 bits per heavy atom. The maximum atomic E-state index is 5.82. The Hall–Kier alpha value is -0.340. The quantitative estimate of drug-likeness (QED) is 0.631. The summed E-state index contributed by atoms with van der Waals surface area (Å²) in [6.45, 7) is 9.37. The van der Waals surface area contributed by atoms with E-state index in [1.807, 2.05) is 0 Å². The monoisotopic (exact) mass is 196 g/mol. The Balaban J connectivity index is 1.91. The fraction of sp³-hybridized carbons (Fsp3) is 0.833. The molecule has 2 nitrogen and oxygen atoms in total. The average molecular weight is 196 g/mol. The van der Waals surface area contributed by atoms with Gasteiger partial charge in [0, 0.05) is 5.92 Å². The molecule has 80 valence electrons. The van der Waals surface area contributed by atoms with Gasteiger partial charge in [-0.25, -0.2) is 0 Å². The van der Waals surface area contributed by atoms with Crippen LogP contribution in [0.4, 0.5) is 0 Å². The van der Waals surface area contributed by atoms with Crippen LogP contribution < -0.4 is 0 Å². The van der Waals surface area contributed by atoms with E-state index >= 15 is 0 Å². The Bertz CT molecular complexity index is 239. The summed E-state index contributed by atoms with van der Waals surface area (Å²) < 4.78 is 11.6. The van der Waals surface area contributed by atoms with E-state index in [1.165, 1.54) is 0 Å². The van der Waals surface area contributed by atoms with Crippen molar-refractivity contribution in [2.24, 2.45) is 11.8 Å². The van der Waals surface area contributed by atoms with Gasteiger partial charge in [-0.3, -0.25) is 0 Å². The molecule has 0 aromatic heterocycles. The predicted molar refractivity (Wildman–Crippen MR) is 56.2 cm³/mol. The van der Waals surface area contributed by atoms with E-state index in [2.05, 4.69) is 39.8 Å². The molecular formula is C12H20O2. The molecular weight excluding hydrogens is 176 g/mol. The van der Waals surface area contributed by atoms with Crippen LogP contribution in [0.1, 0.15) is 27.7 Å². The lowest BCUT2D eigenvalue weighted by Crippen LogP contribution is -2.31. The molecule has 1 fully saturated rings. The molecule has 0 amide bonds. The molecule has 2 heteroatoms. The van der Waals surface area contributed by atoms with Crippen molar-refractivity contribution in [1.82, 2.24) is 0 Å². The van der Waals surface area contributed by atoms with Crippen molar-refractivity contribution < 1.29 is 9.47 Å². The minimum Gasteiger partial charge on any atom is -0.375 e. The van der Waals surface area contributed by atoms with Crippen molar-refractivity contribution in [2.45, 2.75) is 45.5 Å². The zero-order valence-corrected chi connectivity index (χ0v) is 9.49. The van der Waals surface area contributed by atoms with Crippen LogP contribution in [0.2, 0.25) is 0 Å². The number of fused-ring (bicyclic) bond motifs is 2. The van der Waals surface area contributed by atoms with Gasteiger partial charge in [-0.05, 0) is 26.7 Å². The Morgan fingerprint density at radius 1 is 1.21 bits per heavy atom. The molecule has 2 aliphatic heterocycles. The molecule has 0 N–H and O–H groups in total. The van der Waals surface area contributed by atoms with Crippen LogP contribution in [-0.4, -0.2) is 24.4 Å². The molecule has 2 rings (SSSR count). The first kappa shape index (κ1) is 10.2. The van der Waals surface area contributed by atoms with Crippen LogP contribution in [0.25, 0.3) is 0 Å². The molecule has 1 saturated heterocycles. The second-order valence-electron chi connectivity index (χ2n) is 5.40. The molecule has 4 atom stereocenters. The Morgan fingerprint density at radius 2 is 1.86 bits per heavy atom. The van der Waals surface area contributed by atoms with Crippen molar-refractivity contribution in [1.29, 1.82) is 0 Å². The molecule has 14 heavy (non-hydrogen) atoms. The molecule has 0 aliphatic carbocycles. The van der Waals surface area contributed by atoms with Gasteiger partial charge < -0.3 is 9.47 Å². The van der Waals surface area contributed by atoms with Crippen LogP contribution in [0.15, 0.2) is 12.2 Å². The smallest absolute Gasteiger partial charge is 0.0818 e. The number of hydrogen-bond acceptors (Lipinski definition) is 2. The lowest BCUT2D eigenvalue weighted by atomic mass is 9.85. The summed E-state index contributed by atoms with van der Waals surface area (Å²) in [5, 5.41) is 0. The van der Waals surface area contributed by atoms with Crippen LogP contribution in [0.5, 0.6) is 0 Å². The van der Waals surface area contributed by atoms with E-state index in [4.69, 9.17) is 9.47 Å². The highest BCUT2D eigenvalue weighted by atomic mass is 16.5. The van der Waals surface area contributed by atoms with Crippen LogP contribution in [0.3, 0.4) is 0 Å². The van der Waals surface area contributed by atoms with E-state index in [1.54, 1.807) is 0 Å². The van der Waals surface area contributed by atoms with E-state index in [0.29, 0.717) is 24.0 Å². The fourth-order valence-electron chi connectivity index (χ4n) is 2.17. The molecule has 0 spiro atoms. The van der Waals surface area contributed by atoms with Gasteiger partial charge in [0.05, 0.1) is 24.4 Å². The highest BCUT2D eigenvalue weighted by Gasteiger charge is 2.43. The van der Waals surface area contributed by atoms with Gasteiger partial charge in [-0.15, -0.1) is 0 Å². The lowest BCUT2D eigenvalue weighted by molar-refractivity contribution is -0.0336. The summed E-state index contributed by atoms with van der Waals surface area (Å²) in [5.74, 6) is 1.15. The third-order valence-electron chi connectivity index (χ3n) is 3.13. The molecule has 0 radical (unpaired) electrons. The first-order valence-corrected chi connectivity index (χ1v) is 5.45. The maximum Gasteiger partial charge on any atom is 0.0818 e. The second kappa shape index (κ2) is 3.35. The number of rotatable bonds is 2. The topological polar surface area (TPSA) is 18.5 Å². The van der Waals surface area contributed by atoms with Crippen molar-refractivity contribution in [3.8, 4) is 0 Å². The van der Waals surface area contributed by atoms with Crippen LogP contribution in [0, 0.1) is 11.8 Å². The molecule has 2 bridgehead atoms. The average Bonchev–Trinajstić information content (AvgIpc) is 2.60. The summed E-state index contributed by atoms with van der Waals surface area (Å²) in [6, 6.07) is 0. The molecule has 4 unspecified atom stereocenters. The van der Waals surface area contributed by atoms with Gasteiger partial charge in [0.1, 0.15) is 0 Å². The van der Waals surface area contributed by atoms with Gasteiger partial charge in [0.15, 0.2) is 0 Å². The summed E-state index contributed by atoms with van der Waals surface area (Å²) in [7, 11) is 0. The first-order chi connectivity index (χ1) is 6.47. The summed E-state index contributed by atoms with van der Waals surface area (Å²) in [5.41, 5.74) is -0.0364. The first-order valence-electron chi connectivity index (χ1n) is 5.45. The molecule has 2 heterocycles. The van der Waals surface area contributed by atoms with E-state index in [-0.39, 0.29) is 5.60 Å². The van der Waals surface area contributed by atoms with E-state index in [9.17, 15) is 0 Å². The van der Waals surface area contributed by atoms with Crippen LogP contribution >= 0.6 is 0 Å². The fourth-order valence-corrected chi connectivity index (χ4v) is 2.17. The normalized spacial score (nSPS) is 40.9.